The summed E-state index contributed by atoms with van der Waals surface area (Å²) in [6.45, 7) is 0. The lowest BCUT2D eigenvalue weighted by molar-refractivity contribution is 0.414. The molecule has 0 spiro atoms. The van der Waals surface area contributed by atoms with Crippen LogP contribution in [0.4, 0.5) is 0 Å². The van der Waals surface area contributed by atoms with Crippen LogP contribution in [0.5, 0.6) is 11.5 Å². The zero-order valence-corrected chi connectivity index (χ0v) is 13.9. The Hall–Kier alpha value is -2.62. The summed E-state index contributed by atoms with van der Waals surface area (Å²) in [7, 11) is 3.37. The maximum absolute atomic E-state index is 5.30. The minimum atomic E-state index is 0.231. The van der Waals surface area contributed by atoms with Gasteiger partial charge in [-0.05, 0) is 59.4 Å². The monoisotopic (exact) mass is 320 g/mol. The average molecular weight is 320 g/mol. The van der Waals surface area contributed by atoms with Crippen molar-refractivity contribution >= 4 is 5.57 Å². The van der Waals surface area contributed by atoms with E-state index >= 15 is 0 Å². The van der Waals surface area contributed by atoms with Crippen molar-refractivity contribution in [1.82, 2.24) is 0 Å². The molecule has 2 unspecified atom stereocenters. The molecule has 0 N–H and O–H groups in total. The third-order valence-corrected chi connectivity index (χ3v) is 4.82. The van der Waals surface area contributed by atoms with Crippen LogP contribution in [0, 0.1) is 0 Å². The molecule has 1 aliphatic heterocycles. The summed E-state index contributed by atoms with van der Waals surface area (Å²) in [6, 6.07) is 16.9. The maximum atomic E-state index is 5.30. The normalized spacial score (nSPS) is 21.2. The molecule has 2 aromatic rings. The van der Waals surface area contributed by atoms with Crippen LogP contribution in [0.2, 0.25) is 0 Å². The number of benzene rings is 2. The van der Waals surface area contributed by atoms with Gasteiger partial charge in [-0.3, -0.25) is 0 Å². The van der Waals surface area contributed by atoms with Gasteiger partial charge >= 0.3 is 0 Å². The number of azo groups is 1. The Morgan fingerprint density at radius 2 is 1.17 bits per heavy atom. The second kappa shape index (κ2) is 6.11. The number of hydrogen-bond acceptors (Lipinski definition) is 4. The van der Waals surface area contributed by atoms with Crippen molar-refractivity contribution in [2.75, 3.05) is 14.2 Å². The number of ether oxygens (including phenoxy) is 2. The third-order valence-electron chi connectivity index (χ3n) is 4.82. The Bertz CT molecular complexity index is 726. The van der Waals surface area contributed by atoms with Crippen LogP contribution >= 0.6 is 0 Å². The van der Waals surface area contributed by atoms with Crippen molar-refractivity contribution in [1.29, 1.82) is 0 Å². The SMILES string of the molecule is COc1ccc(C(=C2C3CCC2N=N3)c2ccc(OC)cc2)cc1. The predicted molar refractivity (Wildman–Crippen MR) is 93.7 cm³/mol. The molecule has 4 heteroatoms. The summed E-state index contributed by atoms with van der Waals surface area (Å²) in [5.41, 5.74) is 4.96. The van der Waals surface area contributed by atoms with Crippen molar-refractivity contribution in [2.45, 2.75) is 24.9 Å². The Kier molecular flexibility index (Phi) is 3.81. The zero-order chi connectivity index (χ0) is 16.5. The smallest absolute Gasteiger partial charge is 0.118 e. The van der Waals surface area contributed by atoms with Crippen LogP contribution in [0.15, 0.2) is 64.3 Å². The van der Waals surface area contributed by atoms with E-state index in [0.29, 0.717) is 0 Å². The number of hydrogen-bond donors (Lipinski definition) is 0. The largest absolute Gasteiger partial charge is 0.497 e. The fourth-order valence-corrected chi connectivity index (χ4v) is 3.60. The first kappa shape index (κ1) is 14.9. The van der Waals surface area contributed by atoms with E-state index in [4.69, 9.17) is 9.47 Å². The summed E-state index contributed by atoms with van der Waals surface area (Å²) in [5.74, 6) is 1.73. The van der Waals surface area contributed by atoms with E-state index in [1.807, 2.05) is 24.3 Å². The lowest BCUT2D eigenvalue weighted by atomic mass is 9.90. The topological polar surface area (TPSA) is 43.2 Å². The van der Waals surface area contributed by atoms with Crippen molar-refractivity contribution in [3.05, 3.63) is 65.2 Å². The summed E-state index contributed by atoms with van der Waals surface area (Å²) < 4.78 is 10.6. The molecular weight excluding hydrogens is 300 g/mol. The van der Waals surface area contributed by atoms with E-state index in [1.165, 1.54) is 22.3 Å². The molecule has 1 aliphatic carbocycles. The van der Waals surface area contributed by atoms with Gasteiger partial charge in [0, 0.05) is 0 Å². The first-order valence-electron chi connectivity index (χ1n) is 8.23. The second-order valence-electron chi connectivity index (χ2n) is 6.13. The van der Waals surface area contributed by atoms with Crippen LogP contribution in [-0.2, 0) is 0 Å². The van der Waals surface area contributed by atoms with Gasteiger partial charge in [-0.25, -0.2) is 0 Å². The zero-order valence-electron chi connectivity index (χ0n) is 13.9. The first-order valence-corrected chi connectivity index (χ1v) is 8.23. The highest BCUT2D eigenvalue weighted by atomic mass is 16.5. The molecule has 0 saturated heterocycles. The first-order chi connectivity index (χ1) is 11.8. The highest BCUT2D eigenvalue weighted by Gasteiger charge is 2.38. The molecule has 122 valence electrons. The molecule has 1 heterocycles. The van der Waals surface area contributed by atoms with Gasteiger partial charge in [-0.1, -0.05) is 24.3 Å². The van der Waals surface area contributed by atoms with Gasteiger partial charge in [0.1, 0.15) is 11.5 Å². The van der Waals surface area contributed by atoms with E-state index in [1.54, 1.807) is 14.2 Å². The fourth-order valence-electron chi connectivity index (χ4n) is 3.60. The minimum absolute atomic E-state index is 0.231. The van der Waals surface area contributed by atoms with Crippen molar-refractivity contribution in [3.8, 4) is 11.5 Å². The molecule has 2 bridgehead atoms. The molecule has 2 aromatic carbocycles. The minimum Gasteiger partial charge on any atom is -0.497 e. The average Bonchev–Trinajstić information content (AvgIpc) is 3.23. The van der Waals surface area contributed by atoms with Gasteiger partial charge in [-0.15, -0.1) is 0 Å². The highest BCUT2D eigenvalue weighted by molar-refractivity contribution is 5.84. The number of methoxy groups -OCH3 is 2. The molecule has 1 fully saturated rings. The van der Waals surface area contributed by atoms with Crippen LogP contribution in [0.1, 0.15) is 24.0 Å². The van der Waals surface area contributed by atoms with Crippen LogP contribution in [0.3, 0.4) is 0 Å². The predicted octanol–water partition coefficient (Wildman–Crippen LogP) is 4.50. The highest BCUT2D eigenvalue weighted by Crippen LogP contribution is 2.43. The second-order valence-corrected chi connectivity index (χ2v) is 6.13. The number of nitrogens with zero attached hydrogens (tertiary/aromatic N) is 2. The van der Waals surface area contributed by atoms with Gasteiger partial charge in [0.2, 0.25) is 0 Å². The van der Waals surface area contributed by atoms with Crippen molar-refractivity contribution < 1.29 is 9.47 Å². The Morgan fingerprint density at radius 3 is 1.50 bits per heavy atom. The summed E-state index contributed by atoms with van der Waals surface area (Å²) in [4.78, 5) is 0. The maximum Gasteiger partial charge on any atom is 0.118 e. The summed E-state index contributed by atoms with van der Waals surface area (Å²) in [5, 5.41) is 8.88. The van der Waals surface area contributed by atoms with Crippen LogP contribution in [0.25, 0.3) is 5.57 Å². The molecule has 2 aliphatic rings. The van der Waals surface area contributed by atoms with Gasteiger partial charge in [0.15, 0.2) is 0 Å². The third kappa shape index (κ3) is 2.48. The molecule has 24 heavy (non-hydrogen) atoms. The molecule has 0 radical (unpaired) electrons. The molecule has 0 aromatic heterocycles. The Morgan fingerprint density at radius 1 is 0.750 bits per heavy atom. The Labute approximate surface area is 141 Å². The lowest BCUT2D eigenvalue weighted by Crippen LogP contribution is -2.05. The van der Waals surface area contributed by atoms with Crippen molar-refractivity contribution in [2.24, 2.45) is 10.2 Å². The van der Waals surface area contributed by atoms with E-state index in [0.717, 1.165) is 24.3 Å². The molecule has 0 amide bonds. The standard InChI is InChI=1S/C20H20N2O2/c1-23-15-7-3-13(4-8-15)19(14-5-9-16(24-2)10-6-14)20-17-11-12-18(20)22-21-17/h3-10,17-18H,11-12H2,1-2H3. The molecule has 4 nitrogen and oxygen atoms in total. The van der Waals surface area contributed by atoms with Crippen LogP contribution in [-0.4, -0.2) is 26.3 Å². The van der Waals surface area contributed by atoms with E-state index in [9.17, 15) is 0 Å². The molecular formula is C20H20N2O2. The van der Waals surface area contributed by atoms with Gasteiger partial charge in [0.05, 0.1) is 26.3 Å². The van der Waals surface area contributed by atoms with Crippen molar-refractivity contribution in [3.63, 3.8) is 0 Å². The van der Waals surface area contributed by atoms with Crippen LogP contribution < -0.4 is 9.47 Å². The van der Waals surface area contributed by atoms with E-state index in [-0.39, 0.29) is 12.1 Å². The Balaban J connectivity index is 1.84. The van der Waals surface area contributed by atoms with Gasteiger partial charge in [0.25, 0.3) is 0 Å². The van der Waals surface area contributed by atoms with E-state index in [2.05, 4.69) is 34.5 Å². The fraction of sp³-hybridized carbons (Fsp3) is 0.300. The summed E-state index contributed by atoms with van der Waals surface area (Å²) >= 11 is 0. The van der Waals surface area contributed by atoms with Gasteiger partial charge < -0.3 is 9.47 Å². The number of fused-ring (bicyclic) bond motifs is 2. The van der Waals surface area contributed by atoms with Gasteiger partial charge in [-0.2, -0.15) is 10.2 Å². The molecule has 1 saturated carbocycles. The molecule has 2 atom stereocenters. The van der Waals surface area contributed by atoms with E-state index < -0.39 is 0 Å². The quantitative estimate of drug-likeness (QED) is 0.832. The molecule has 4 rings (SSSR count). The number of rotatable bonds is 4. The summed E-state index contributed by atoms with van der Waals surface area (Å²) in [6.07, 6.45) is 2.19. The lowest BCUT2D eigenvalue weighted by Gasteiger charge is -2.15.